The van der Waals surface area contributed by atoms with E-state index in [-0.39, 0.29) is 0 Å². The second-order valence-corrected chi connectivity index (χ2v) is 2.60. The lowest BCUT2D eigenvalue weighted by atomic mass is 10.1. The predicted molar refractivity (Wildman–Crippen MR) is 46.7 cm³/mol. The summed E-state index contributed by atoms with van der Waals surface area (Å²) in [6, 6.07) is 1.95. The Hall–Kier alpha value is -1.51. The molecule has 0 aliphatic rings. The molecule has 0 aliphatic carbocycles. The van der Waals surface area contributed by atoms with E-state index in [0.717, 1.165) is 22.9 Å². The van der Waals surface area contributed by atoms with Crippen LogP contribution >= 0.6 is 0 Å². The lowest BCUT2D eigenvalue weighted by Crippen LogP contribution is -1.90. The predicted octanol–water partition coefficient (Wildman–Crippen LogP) is 1.59. The minimum absolute atomic E-state index is 0.934. The van der Waals surface area contributed by atoms with Crippen LogP contribution < -0.4 is 0 Å². The van der Waals surface area contributed by atoms with Gasteiger partial charge in [0.2, 0.25) is 0 Å². The van der Waals surface area contributed by atoms with Crippen molar-refractivity contribution >= 4 is 10.8 Å². The first-order valence-electron chi connectivity index (χ1n) is 3.96. The Morgan fingerprint density at radius 2 is 2.08 bits per heavy atom. The molecule has 0 fully saturated rings. The van der Waals surface area contributed by atoms with Gasteiger partial charge in [-0.05, 0) is 12.5 Å². The molecule has 12 heavy (non-hydrogen) atoms. The Morgan fingerprint density at radius 3 is 2.92 bits per heavy atom. The SMILES string of the molecule is CCc1nccc2cnncc12. The first-order chi connectivity index (χ1) is 5.92. The van der Waals surface area contributed by atoms with Crippen LogP contribution in [0.2, 0.25) is 0 Å². The van der Waals surface area contributed by atoms with Crippen LogP contribution in [0.3, 0.4) is 0 Å². The molecule has 0 aromatic carbocycles. The van der Waals surface area contributed by atoms with Gasteiger partial charge in [-0.25, -0.2) is 0 Å². The molecule has 0 atom stereocenters. The van der Waals surface area contributed by atoms with Crippen LogP contribution in [-0.4, -0.2) is 15.2 Å². The van der Waals surface area contributed by atoms with Crippen molar-refractivity contribution < 1.29 is 0 Å². The van der Waals surface area contributed by atoms with Crippen molar-refractivity contribution in [1.29, 1.82) is 0 Å². The summed E-state index contributed by atoms with van der Waals surface area (Å²) in [4.78, 5) is 4.26. The Morgan fingerprint density at radius 1 is 1.25 bits per heavy atom. The minimum atomic E-state index is 0.934. The highest BCUT2D eigenvalue weighted by Crippen LogP contribution is 2.13. The standard InChI is InChI=1S/C9H9N3/c1-2-9-8-6-12-11-5-7(8)3-4-10-9/h3-6H,2H2,1H3. The number of fused-ring (bicyclic) bond motifs is 1. The van der Waals surface area contributed by atoms with Gasteiger partial charge < -0.3 is 0 Å². The maximum absolute atomic E-state index is 4.26. The number of rotatable bonds is 1. The Balaban J connectivity index is 2.79. The normalized spacial score (nSPS) is 10.4. The molecular weight excluding hydrogens is 150 g/mol. The van der Waals surface area contributed by atoms with Crippen molar-refractivity contribution in [2.45, 2.75) is 13.3 Å². The van der Waals surface area contributed by atoms with Gasteiger partial charge >= 0.3 is 0 Å². The van der Waals surface area contributed by atoms with E-state index < -0.39 is 0 Å². The fraction of sp³-hybridized carbons (Fsp3) is 0.222. The van der Waals surface area contributed by atoms with Gasteiger partial charge in [0.15, 0.2) is 0 Å². The number of nitrogens with zero attached hydrogens (tertiary/aromatic N) is 3. The third-order valence-electron chi connectivity index (χ3n) is 1.89. The highest BCUT2D eigenvalue weighted by atomic mass is 15.1. The molecule has 0 bridgehead atoms. The number of aryl methyl sites for hydroxylation is 1. The van der Waals surface area contributed by atoms with Crippen LogP contribution in [0, 0.1) is 0 Å². The third kappa shape index (κ3) is 1.03. The van der Waals surface area contributed by atoms with E-state index in [0.29, 0.717) is 0 Å². The molecule has 0 saturated heterocycles. The molecule has 0 N–H and O–H groups in total. The maximum atomic E-state index is 4.26. The molecule has 60 valence electrons. The summed E-state index contributed by atoms with van der Waals surface area (Å²) in [5, 5.41) is 9.86. The zero-order chi connectivity index (χ0) is 8.39. The average Bonchev–Trinajstić information content (AvgIpc) is 2.17. The highest BCUT2D eigenvalue weighted by Gasteiger charge is 1.98. The summed E-state index contributed by atoms with van der Waals surface area (Å²) in [5.74, 6) is 0. The number of hydrogen-bond acceptors (Lipinski definition) is 3. The van der Waals surface area contributed by atoms with Crippen LogP contribution in [0.5, 0.6) is 0 Å². The molecule has 0 spiro atoms. The van der Waals surface area contributed by atoms with Gasteiger partial charge in [0.05, 0.1) is 12.4 Å². The van der Waals surface area contributed by atoms with Crippen molar-refractivity contribution in [2.75, 3.05) is 0 Å². The van der Waals surface area contributed by atoms with E-state index in [2.05, 4.69) is 22.1 Å². The van der Waals surface area contributed by atoms with E-state index in [4.69, 9.17) is 0 Å². The van der Waals surface area contributed by atoms with Gasteiger partial charge in [0.1, 0.15) is 0 Å². The molecule has 2 aromatic rings. The number of pyridine rings is 1. The van der Waals surface area contributed by atoms with Crippen molar-refractivity contribution in [3.8, 4) is 0 Å². The van der Waals surface area contributed by atoms with Crippen molar-refractivity contribution in [3.05, 3.63) is 30.4 Å². The largest absolute Gasteiger partial charge is 0.261 e. The van der Waals surface area contributed by atoms with E-state index in [1.807, 2.05) is 12.3 Å². The summed E-state index contributed by atoms with van der Waals surface area (Å²) in [6.45, 7) is 2.09. The van der Waals surface area contributed by atoms with Crippen LogP contribution in [0.4, 0.5) is 0 Å². The van der Waals surface area contributed by atoms with E-state index in [9.17, 15) is 0 Å². The fourth-order valence-electron chi connectivity index (χ4n) is 1.26. The lowest BCUT2D eigenvalue weighted by molar-refractivity contribution is 1.02. The topological polar surface area (TPSA) is 38.7 Å². The van der Waals surface area contributed by atoms with Gasteiger partial charge in [-0.15, -0.1) is 0 Å². The monoisotopic (exact) mass is 159 g/mol. The molecule has 0 saturated carbocycles. The number of aromatic nitrogens is 3. The van der Waals surface area contributed by atoms with E-state index in [1.54, 1.807) is 12.4 Å². The Labute approximate surface area is 70.5 Å². The molecular formula is C9H9N3. The van der Waals surface area contributed by atoms with Crippen LogP contribution in [0.15, 0.2) is 24.7 Å². The lowest BCUT2D eigenvalue weighted by Gasteiger charge is -1.99. The Kier molecular flexibility index (Phi) is 1.70. The summed E-state index contributed by atoms with van der Waals surface area (Å²) in [7, 11) is 0. The van der Waals surface area contributed by atoms with Crippen LogP contribution in [-0.2, 0) is 6.42 Å². The number of hydrogen-bond donors (Lipinski definition) is 0. The second-order valence-electron chi connectivity index (χ2n) is 2.60. The van der Waals surface area contributed by atoms with E-state index >= 15 is 0 Å². The van der Waals surface area contributed by atoms with Crippen LogP contribution in [0.25, 0.3) is 10.8 Å². The minimum Gasteiger partial charge on any atom is -0.261 e. The van der Waals surface area contributed by atoms with E-state index in [1.165, 1.54) is 0 Å². The molecule has 3 heteroatoms. The Bertz CT molecular complexity index is 392. The molecule has 0 unspecified atom stereocenters. The first-order valence-corrected chi connectivity index (χ1v) is 3.96. The van der Waals surface area contributed by atoms with Crippen molar-refractivity contribution in [3.63, 3.8) is 0 Å². The molecule has 2 rings (SSSR count). The average molecular weight is 159 g/mol. The van der Waals surface area contributed by atoms with Gasteiger partial charge in [0.25, 0.3) is 0 Å². The van der Waals surface area contributed by atoms with Gasteiger partial charge in [-0.3, -0.25) is 4.98 Å². The molecule has 2 heterocycles. The molecule has 2 aromatic heterocycles. The maximum Gasteiger partial charge on any atom is 0.0593 e. The van der Waals surface area contributed by atoms with Gasteiger partial charge in [0, 0.05) is 22.7 Å². The van der Waals surface area contributed by atoms with Gasteiger partial charge in [-0.2, -0.15) is 10.2 Å². The summed E-state index contributed by atoms with van der Waals surface area (Å²) in [6.07, 6.45) is 6.27. The first kappa shape index (κ1) is 7.16. The highest BCUT2D eigenvalue weighted by molar-refractivity contribution is 5.82. The summed E-state index contributed by atoms with van der Waals surface area (Å²) >= 11 is 0. The molecule has 0 radical (unpaired) electrons. The molecule has 0 amide bonds. The summed E-state index contributed by atoms with van der Waals surface area (Å²) in [5.41, 5.74) is 1.09. The molecule has 3 nitrogen and oxygen atoms in total. The second kappa shape index (κ2) is 2.85. The van der Waals surface area contributed by atoms with Gasteiger partial charge in [-0.1, -0.05) is 6.92 Å². The summed E-state index contributed by atoms with van der Waals surface area (Å²) < 4.78 is 0. The smallest absolute Gasteiger partial charge is 0.0593 e. The van der Waals surface area contributed by atoms with Crippen molar-refractivity contribution in [1.82, 2.24) is 15.2 Å². The fourth-order valence-corrected chi connectivity index (χ4v) is 1.26. The van der Waals surface area contributed by atoms with Crippen LogP contribution in [0.1, 0.15) is 12.6 Å². The quantitative estimate of drug-likeness (QED) is 0.634. The zero-order valence-electron chi connectivity index (χ0n) is 6.86. The molecule has 0 aliphatic heterocycles. The third-order valence-corrected chi connectivity index (χ3v) is 1.89. The van der Waals surface area contributed by atoms with Crippen molar-refractivity contribution in [2.24, 2.45) is 0 Å². The zero-order valence-corrected chi connectivity index (χ0v) is 6.86.